The van der Waals surface area contributed by atoms with Gasteiger partial charge in [-0.15, -0.1) is 0 Å². The number of rotatable bonds is 4. The predicted molar refractivity (Wildman–Crippen MR) is 90.7 cm³/mol. The van der Waals surface area contributed by atoms with Crippen molar-refractivity contribution in [2.24, 2.45) is 0 Å². The van der Waals surface area contributed by atoms with Gasteiger partial charge < -0.3 is 9.64 Å². The first-order valence-electron chi connectivity index (χ1n) is 8.15. The Bertz CT molecular complexity index is 730. The van der Waals surface area contributed by atoms with Gasteiger partial charge >= 0.3 is 5.97 Å². The van der Waals surface area contributed by atoms with E-state index in [-0.39, 0.29) is 17.8 Å². The molecule has 3 rings (SSSR count). The molecule has 0 fully saturated rings. The van der Waals surface area contributed by atoms with Crippen molar-refractivity contribution in [3.05, 3.63) is 59.9 Å². The number of pyridine rings is 1. The Morgan fingerprint density at radius 2 is 2.08 bits per heavy atom. The second kappa shape index (κ2) is 7.25. The second-order valence-corrected chi connectivity index (χ2v) is 5.74. The maximum Gasteiger partial charge on any atom is 0.313 e. The van der Waals surface area contributed by atoms with E-state index < -0.39 is 0 Å². The van der Waals surface area contributed by atoms with Crippen LogP contribution in [0.25, 0.3) is 0 Å². The van der Waals surface area contributed by atoms with Crippen molar-refractivity contribution in [3.8, 4) is 0 Å². The van der Waals surface area contributed by atoms with E-state index in [0.29, 0.717) is 26.0 Å². The minimum Gasteiger partial charge on any atom is -0.466 e. The highest BCUT2D eigenvalue weighted by atomic mass is 16.5. The molecule has 0 aliphatic carbocycles. The van der Waals surface area contributed by atoms with Crippen molar-refractivity contribution in [1.82, 2.24) is 4.98 Å². The zero-order valence-electron chi connectivity index (χ0n) is 13.6. The Labute approximate surface area is 141 Å². The van der Waals surface area contributed by atoms with Gasteiger partial charge in [-0.3, -0.25) is 14.6 Å². The zero-order valence-corrected chi connectivity index (χ0v) is 13.6. The number of anilines is 1. The average Bonchev–Trinajstić information content (AvgIpc) is 2.61. The van der Waals surface area contributed by atoms with E-state index in [0.717, 1.165) is 16.8 Å². The Balaban J connectivity index is 1.84. The number of para-hydroxylation sites is 1. The van der Waals surface area contributed by atoms with E-state index >= 15 is 0 Å². The van der Waals surface area contributed by atoms with Gasteiger partial charge in [-0.25, -0.2) is 0 Å². The van der Waals surface area contributed by atoms with Crippen LogP contribution in [0.5, 0.6) is 0 Å². The summed E-state index contributed by atoms with van der Waals surface area (Å²) in [6.45, 7) is 2.68. The largest absolute Gasteiger partial charge is 0.466 e. The van der Waals surface area contributed by atoms with Gasteiger partial charge in [0.1, 0.15) is 0 Å². The summed E-state index contributed by atoms with van der Waals surface area (Å²) in [4.78, 5) is 30.7. The molecule has 0 N–H and O–H groups in total. The predicted octanol–water partition coefficient (Wildman–Crippen LogP) is 2.71. The number of hydrogen-bond acceptors (Lipinski definition) is 4. The number of carbonyl (C=O) groups is 2. The summed E-state index contributed by atoms with van der Waals surface area (Å²) < 4.78 is 5.18. The number of carbonyl (C=O) groups excluding carboxylic acids is 2. The van der Waals surface area contributed by atoms with Crippen molar-refractivity contribution in [3.63, 3.8) is 0 Å². The van der Waals surface area contributed by atoms with Gasteiger partial charge in [0, 0.05) is 24.6 Å². The number of nitrogens with zero attached hydrogens (tertiary/aromatic N) is 2. The lowest BCUT2D eigenvalue weighted by Gasteiger charge is -2.33. The van der Waals surface area contributed by atoms with Crippen LogP contribution in [0.1, 0.15) is 30.4 Å². The summed E-state index contributed by atoms with van der Waals surface area (Å²) in [6.07, 6.45) is 4.27. The lowest BCUT2D eigenvalue weighted by Crippen LogP contribution is -2.39. The number of esters is 1. The standard InChI is InChI=1S/C19H20N2O3/c1-2-24-19(23)16-9-11-21(17-8-4-3-7-15(16)17)18(22)12-14-6-5-10-20-13-14/h3-8,10,13,16H,2,9,11-12H2,1H3. The topological polar surface area (TPSA) is 59.5 Å². The van der Waals surface area contributed by atoms with Crippen LogP contribution in [0, 0.1) is 0 Å². The maximum atomic E-state index is 12.7. The number of benzene rings is 1. The molecule has 0 spiro atoms. The highest BCUT2D eigenvalue weighted by Gasteiger charge is 2.33. The van der Waals surface area contributed by atoms with Gasteiger partial charge in [-0.05, 0) is 36.6 Å². The van der Waals surface area contributed by atoms with Crippen molar-refractivity contribution in [1.29, 1.82) is 0 Å². The zero-order chi connectivity index (χ0) is 16.9. The molecule has 1 unspecified atom stereocenters. The summed E-state index contributed by atoms with van der Waals surface area (Å²) in [6, 6.07) is 11.3. The summed E-state index contributed by atoms with van der Waals surface area (Å²) in [5.41, 5.74) is 2.55. The molecule has 0 bridgehead atoms. The van der Waals surface area contributed by atoms with Crippen LogP contribution in [0.2, 0.25) is 0 Å². The third kappa shape index (κ3) is 3.30. The highest BCUT2D eigenvalue weighted by molar-refractivity contribution is 5.97. The Morgan fingerprint density at radius 3 is 2.83 bits per heavy atom. The summed E-state index contributed by atoms with van der Waals surface area (Å²) >= 11 is 0. The quantitative estimate of drug-likeness (QED) is 0.811. The minimum atomic E-state index is -0.302. The molecular weight excluding hydrogens is 304 g/mol. The van der Waals surface area contributed by atoms with Crippen molar-refractivity contribution >= 4 is 17.6 Å². The number of amides is 1. The fourth-order valence-corrected chi connectivity index (χ4v) is 3.08. The van der Waals surface area contributed by atoms with Crippen molar-refractivity contribution in [2.75, 3.05) is 18.1 Å². The third-order valence-corrected chi connectivity index (χ3v) is 4.19. The molecule has 124 valence electrons. The minimum absolute atomic E-state index is 0.0118. The molecule has 24 heavy (non-hydrogen) atoms. The molecule has 2 heterocycles. The van der Waals surface area contributed by atoms with Crippen LogP contribution in [-0.4, -0.2) is 30.0 Å². The number of ether oxygens (including phenoxy) is 1. The van der Waals surface area contributed by atoms with Gasteiger partial charge in [0.2, 0.25) is 5.91 Å². The Morgan fingerprint density at radius 1 is 1.25 bits per heavy atom. The molecule has 1 atom stereocenters. The molecule has 0 saturated heterocycles. The van der Waals surface area contributed by atoms with Crippen LogP contribution in [-0.2, 0) is 20.7 Å². The first-order chi connectivity index (χ1) is 11.7. The van der Waals surface area contributed by atoms with E-state index in [4.69, 9.17) is 4.74 Å². The smallest absolute Gasteiger partial charge is 0.313 e. The third-order valence-electron chi connectivity index (χ3n) is 4.19. The molecule has 5 heteroatoms. The highest BCUT2D eigenvalue weighted by Crippen LogP contribution is 2.36. The van der Waals surface area contributed by atoms with Crippen LogP contribution in [0.3, 0.4) is 0 Å². The van der Waals surface area contributed by atoms with Gasteiger partial charge in [-0.1, -0.05) is 24.3 Å². The first kappa shape index (κ1) is 16.2. The lowest BCUT2D eigenvalue weighted by atomic mass is 9.89. The number of hydrogen-bond donors (Lipinski definition) is 0. The van der Waals surface area contributed by atoms with Crippen molar-refractivity contribution < 1.29 is 14.3 Å². The molecule has 0 saturated carbocycles. The van der Waals surface area contributed by atoms with Crippen molar-refractivity contribution in [2.45, 2.75) is 25.7 Å². The molecule has 0 radical (unpaired) electrons. The molecule has 5 nitrogen and oxygen atoms in total. The summed E-state index contributed by atoms with van der Waals surface area (Å²) in [7, 11) is 0. The molecule has 1 aliphatic rings. The molecule has 2 aromatic rings. The SMILES string of the molecule is CCOC(=O)C1CCN(C(=O)Cc2cccnc2)c2ccccc21. The Hall–Kier alpha value is -2.69. The van der Waals surface area contributed by atoms with Gasteiger partial charge in [0.15, 0.2) is 0 Å². The lowest BCUT2D eigenvalue weighted by molar-refractivity contribution is -0.145. The van der Waals surface area contributed by atoms with Crippen LogP contribution in [0.15, 0.2) is 48.8 Å². The van der Waals surface area contributed by atoms with Crippen LogP contribution >= 0.6 is 0 Å². The number of fused-ring (bicyclic) bond motifs is 1. The van der Waals surface area contributed by atoms with E-state index in [2.05, 4.69) is 4.98 Å². The van der Waals surface area contributed by atoms with Gasteiger partial charge in [-0.2, -0.15) is 0 Å². The summed E-state index contributed by atoms with van der Waals surface area (Å²) in [5, 5.41) is 0. The number of aromatic nitrogens is 1. The van der Waals surface area contributed by atoms with E-state index in [1.165, 1.54) is 0 Å². The Kier molecular flexibility index (Phi) is 4.89. The monoisotopic (exact) mass is 324 g/mol. The maximum absolute atomic E-state index is 12.7. The van der Waals surface area contributed by atoms with E-state index in [9.17, 15) is 9.59 Å². The van der Waals surface area contributed by atoms with Crippen LogP contribution in [0.4, 0.5) is 5.69 Å². The molecular formula is C19H20N2O3. The molecule has 1 aliphatic heterocycles. The van der Waals surface area contributed by atoms with E-state index in [1.807, 2.05) is 36.4 Å². The fourth-order valence-electron chi connectivity index (χ4n) is 3.08. The summed E-state index contributed by atoms with van der Waals surface area (Å²) in [5.74, 6) is -0.509. The van der Waals surface area contributed by atoms with Gasteiger partial charge in [0.25, 0.3) is 0 Å². The molecule has 1 aromatic carbocycles. The van der Waals surface area contributed by atoms with Crippen LogP contribution < -0.4 is 4.90 Å². The first-order valence-corrected chi connectivity index (χ1v) is 8.15. The van der Waals surface area contributed by atoms with Gasteiger partial charge in [0.05, 0.1) is 18.9 Å². The molecule has 1 aromatic heterocycles. The fraction of sp³-hybridized carbons (Fsp3) is 0.316. The average molecular weight is 324 g/mol. The molecule has 1 amide bonds. The van der Waals surface area contributed by atoms with E-state index in [1.54, 1.807) is 24.2 Å². The second-order valence-electron chi connectivity index (χ2n) is 5.74. The normalized spacial score (nSPS) is 16.4.